The molecule has 0 heterocycles. The molecule has 1 aromatic rings. The van der Waals surface area contributed by atoms with Gasteiger partial charge in [-0.05, 0) is 66.1 Å². The molecular weight excluding hydrogens is 374 g/mol. The maximum atomic E-state index is 2.46. The minimum atomic E-state index is 0.608. The summed E-state index contributed by atoms with van der Waals surface area (Å²) in [5, 5.41) is 0. The van der Waals surface area contributed by atoms with E-state index in [0.717, 1.165) is 0 Å². The fourth-order valence-corrected chi connectivity index (χ4v) is 2.43. The molecule has 1 atom stereocenters. The van der Waals surface area contributed by atoms with Gasteiger partial charge in [0.25, 0.3) is 0 Å². The monoisotopic (exact) mass is 386 g/mol. The molecule has 66 valence electrons. The summed E-state index contributed by atoms with van der Waals surface area (Å²) in [6.45, 7) is 6.58. The van der Waals surface area contributed by atoms with E-state index in [0.29, 0.717) is 3.92 Å². The molecule has 0 saturated carbocycles. The van der Waals surface area contributed by atoms with E-state index in [1.54, 1.807) is 0 Å². The Morgan fingerprint density at radius 1 is 1.17 bits per heavy atom. The lowest BCUT2D eigenvalue weighted by Gasteiger charge is -2.10. The third-order valence-corrected chi connectivity index (χ3v) is 3.81. The molecule has 0 fully saturated rings. The maximum absolute atomic E-state index is 2.46. The quantitative estimate of drug-likeness (QED) is 0.496. The highest BCUT2D eigenvalue weighted by molar-refractivity contribution is 14.1. The fraction of sp³-hybridized carbons (Fsp3) is 0.400. The zero-order valence-electron chi connectivity index (χ0n) is 7.49. The first-order valence-electron chi connectivity index (χ1n) is 3.93. The Hall–Kier alpha value is 0.680. The smallest absolute Gasteiger partial charge is 0.0334 e. The standard InChI is InChI=1S/C10H12I2/c1-6-4-7(2)10(12)5-9(6)8(3)11/h4-5,8H,1-3H3/t8-/m0/s1. The number of halogens is 2. The van der Waals surface area contributed by atoms with E-state index in [4.69, 9.17) is 0 Å². The van der Waals surface area contributed by atoms with Crippen LogP contribution in [-0.2, 0) is 0 Å². The van der Waals surface area contributed by atoms with Crippen molar-refractivity contribution in [2.45, 2.75) is 24.7 Å². The van der Waals surface area contributed by atoms with Crippen LogP contribution < -0.4 is 0 Å². The van der Waals surface area contributed by atoms with Gasteiger partial charge in [-0.25, -0.2) is 0 Å². The molecule has 0 bridgehead atoms. The van der Waals surface area contributed by atoms with E-state index in [1.807, 2.05) is 0 Å². The Balaban J connectivity index is 3.23. The van der Waals surface area contributed by atoms with Crippen molar-refractivity contribution in [1.82, 2.24) is 0 Å². The number of benzene rings is 1. The average Bonchev–Trinajstić information content (AvgIpc) is 1.96. The molecule has 0 spiro atoms. The second-order valence-electron chi connectivity index (χ2n) is 3.07. The number of hydrogen-bond acceptors (Lipinski definition) is 0. The van der Waals surface area contributed by atoms with Crippen molar-refractivity contribution in [2.75, 3.05) is 0 Å². The van der Waals surface area contributed by atoms with Crippen LogP contribution >= 0.6 is 45.2 Å². The van der Waals surface area contributed by atoms with Gasteiger partial charge in [0.15, 0.2) is 0 Å². The summed E-state index contributed by atoms with van der Waals surface area (Å²) in [4.78, 5) is 0. The third kappa shape index (κ3) is 2.34. The maximum Gasteiger partial charge on any atom is 0.0334 e. The van der Waals surface area contributed by atoms with E-state index in [-0.39, 0.29) is 0 Å². The Morgan fingerprint density at radius 3 is 2.25 bits per heavy atom. The molecule has 0 unspecified atom stereocenters. The minimum Gasteiger partial charge on any atom is -0.0777 e. The Bertz CT molecular complexity index is 290. The van der Waals surface area contributed by atoms with Gasteiger partial charge in [-0.2, -0.15) is 0 Å². The zero-order chi connectivity index (χ0) is 9.30. The molecule has 0 N–H and O–H groups in total. The van der Waals surface area contributed by atoms with Crippen LogP contribution in [0.1, 0.15) is 27.5 Å². The second-order valence-corrected chi connectivity index (χ2v) is 6.10. The van der Waals surface area contributed by atoms with Crippen LogP contribution in [0.2, 0.25) is 0 Å². The molecule has 0 aliphatic rings. The first-order valence-corrected chi connectivity index (χ1v) is 6.25. The lowest BCUT2D eigenvalue weighted by atomic mass is 10.0. The molecule has 0 aliphatic heterocycles. The normalized spacial score (nSPS) is 13.1. The molecule has 12 heavy (non-hydrogen) atoms. The summed E-state index contributed by atoms with van der Waals surface area (Å²) in [6, 6.07) is 4.56. The van der Waals surface area contributed by atoms with Crippen molar-refractivity contribution in [1.29, 1.82) is 0 Å². The van der Waals surface area contributed by atoms with Crippen LogP contribution in [0, 0.1) is 17.4 Å². The van der Waals surface area contributed by atoms with Gasteiger partial charge in [0, 0.05) is 7.49 Å². The van der Waals surface area contributed by atoms with Gasteiger partial charge in [0.2, 0.25) is 0 Å². The highest BCUT2D eigenvalue weighted by atomic mass is 127. The molecule has 1 aromatic carbocycles. The van der Waals surface area contributed by atoms with Crippen LogP contribution in [0.5, 0.6) is 0 Å². The second kappa shape index (κ2) is 4.26. The van der Waals surface area contributed by atoms with Gasteiger partial charge in [-0.15, -0.1) is 0 Å². The van der Waals surface area contributed by atoms with Gasteiger partial charge < -0.3 is 0 Å². The molecule has 0 amide bonds. The van der Waals surface area contributed by atoms with Crippen molar-refractivity contribution in [2.24, 2.45) is 0 Å². The summed E-state index contributed by atoms with van der Waals surface area (Å²) in [6.07, 6.45) is 0. The molecular formula is C10H12I2. The van der Waals surface area contributed by atoms with E-state index < -0.39 is 0 Å². The van der Waals surface area contributed by atoms with E-state index >= 15 is 0 Å². The number of alkyl halides is 1. The van der Waals surface area contributed by atoms with Gasteiger partial charge in [0.1, 0.15) is 0 Å². The third-order valence-electron chi connectivity index (χ3n) is 1.98. The first kappa shape index (κ1) is 10.8. The van der Waals surface area contributed by atoms with Crippen molar-refractivity contribution in [3.63, 3.8) is 0 Å². The largest absolute Gasteiger partial charge is 0.0777 e. The van der Waals surface area contributed by atoms with Crippen LogP contribution in [0.25, 0.3) is 0 Å². The van der Waals surface area contributed by atoms with Crippen LogP contribution in [0.15, 0.2) is 12.1 Å². The molecule has 1 rings (SSSR count). The Labute approximate surface area is 101 Å². The highest BCUT2D eigenvalue weighted by Gasteiger charge is 2.06. The summed E-state index contributed by atoms with van der Waals surface area (Å²) >= 11 is 4.86. The van der Waals surface area contributed by atoms with E-state index in [2.05, 4.69) is 78.1 Å². The van der Waals surface area contributed by atoms with Crippen LogP contribution in [0.4, 0.5) is 0 Å². The van der Waals surface area contributed by atoms with Gasteiger partial charge in [-0.1, -0.05) is 28.7 Å². The fourth-order valence-electron chi connectivity index (χ4n) is 1.27. The summed E-state index contributed by atoms with van der Waals surface area (Å²) in [5.41, 5.74) is 4.26. The van der Waals surface area contributed by atoms with Gasteiger partial charge >= 0.3 is 0 Å². The molecule has 0 radical (unpaired) electrons. The lowest BCUT2D eigenvalue weighted by molar-refractivity contribution is 1.10. The highest BCUT2D eigenvalue weighted by Crippen LogP contribution is 2.28. The molecule has 0 aliphatic carbocycles. The average molecular weight is 386 g/mol. The number of hydrogen-bond donors (Lipinski definition) is 0. The summed E-state index contributed by atoms with van der Waals surface area (Å²) < 4.78 is 1.98. The SMILES string of the molecule is Cc1cc(C)c([C@H](C)I)cc1I. The topological polar surface area (TPSA) is 0 Å². The van der Waals surface area contributed by atoms with Crippen molar-refractivity contribution < 1.29 is 0 Å². The van der Waals surface area contributed by atoms with Gasteiger partial charge in [0.05, 0.1) is 0 Å². The first-order chi connectivity index (χ1) is 5.52. The number of aryl methyl sites for hydroxylation is 2. The molecule has 2 heteroatoms. The van der Waals surface area contributed by atoms with E-state index in [9.17, 15) is 0 Å². The summed E-state index contributed by atoms with van der Waals surface area (Å²) in [5.74, 6) is 0. The predicted octanol–water partition coefficient (Wildman–Crippen LogP) is 4.40. The molecule has 0 aromatic heterocycles. The number of rotatable bonds is 1. The molecule has 0 nitrogen and oxygen atoms in total. The minimum absolute atomic E-state index is 0.608. The lowest BCUT2D eigenvalue weighted by Crippen LogP contribution is -1.92. The summed E-state index contributed by atoms with van der Waals surface area (Å²) in [7, 11) is 0. The van der Waals surface area contributed by atoms with Crippen LogP contribution in [0.3, 0.4) is 0 Å². The van der Waals surface area contributed by atoms with Crippen molar-refractivity contribution >= 4 is 45.2 Å². The Morgan fingerprint density at radius 2 is 1.75 bits per heavy atom. The Kier molecular flexibility index (Phi) is 3.82. The van der Waals surface area contributed by atoms with Crippen LogP contribution in [-0.4, -0.2) is 0 Å². The van der Waals surface area contributed by atoms with Crippen molar-refractivity contribution in [3.8, 4) is 0 Å². The van der Waals surface area contributed by atoms with Crippen molar-refractivity contribution in [3.05, 3.63) is 32.4 Å². The zero-order valence-corrected chi connectivity index (χ0v) is 11.8. The van der Waals surface area contributed by atoms with Gasteiger partial charge in [-0.3, -0.25) is 0 Å². The van der Waals surface area contributed by atoms with E-state index in [1.165, 1.54) is 20.3 Å². The molecule has 0 saturated heterocycles. The predicted molar refractivity (Wildman–Crippen MR) is 71.1 cm³/mol.